The monoisotopic (exact) mass is 313 g/mol. The highest BCUT2D eigenvalue weighted by Crippen LogP contribution is 2.39. The van der Waals surface area contributed by atoms with E-state index < -0.39 is 0 Å². The number of hydrogen-bond donors (Lipinski definition) is 0. The number of benzene rings is 3. The summed E-state index contributed by atoms with van der Waals surface area (Å²) in [6, 6.07) is 19.4. The Morgan fingerprint density at radius 3 is 2.50 bits per heavy atom. The lowest BCUT2D eigenvalue weighted by molar-refractivity contribution is 0.669. The van der Waals surface area contributed by atoms with Crippen LogP contribution in [0.3, 0.4) is 0 Å². The van der Waals surface area contributed by atoms with E-state index in [0.29, 0.717) is 5.92 Å². The summed E-state index contributed by atoms with van der Waals surface area (Å²) in [5.74, 6) is 0.531. The van der Waals surface area contributed by atoms with E-state index in [2.05, 4.69) is 67.9 Å². The average molecular weight is 313 g/mol. The largest absolute Gasteiger partial charge is 0.456 e. The van der Waals surface area contributed by atoms with Gasteiger partial charge in [0.2, 0.25) is 0 Å². The number of aromatic nitrogens is 1. The smallest absolute Gasteiger partial charge is 0.137 e. The molecule has 0 fully saturated rings. The first-order valence-corrected chi connectivity index (χ1v) is 8.47. The van der Waals surface area contributed by atoms with Crippen LogP contribution in [0.4, 0.5) is 0 Å². The summed E-state index contributed by atoms with van der Waals surface area (Å²) in [7, 11) is 2.15. The Bertz CT molecular complexity index is 1240. The highest BCUT2D eigenvalue weighted by Gasteiger charge is 2.16. The van der Waals surface area contributed by atoms with Crippen molar-refractivity contribution >= 4 is 43.7 Å². The van der Waals surface area contributed by atoms with Gasteiger partial charge in [-0.15, -0.1) is 0 Å². The zero-order valence-corrected chi connectivity index (χ0v) is 14.1. The van der Waals surface area contributed by atoms with E-state index in [4.69, 9.17) is 4.42 Å². The first kappa shape index (κ1) is 13.7. The van der Waals surface area contributed by atoms with Crippen LogP contribution in [0.25, 0.3) is 43.7 Å². The third-order valence-electron chi connectivity index (χ3n) is 5.19. The summed E-state index contributed by atoms with van der Waals surface area (Å²) in [5, 5.41) is 5.03. The zero-order valence-electron chi connectivity index (χ0n) is 14.1. The van der Waals surface area contributed by atoms with Gasteiger partial charge in [0.25, 0.3) is 0 Å². The van der Waals surface area contributed by atoms with Gasteiger partial charge in [-0.25, -0.2) is 0 Å². The van der Waals surface area contributed by atoms with E-state index in [9.17, 15) is 0 Å². The summed E-state index contributed by atoms with van der Waals surface area (Å²) < 4.78 is 8.36. The second kappa shape index (κ2) is 4.64. The summed E-state index contributed by atoms with van der Waals surface area (Å²) >= 11 is 0. The predicted molar refractivity (Wildman–Crippen MR) is 102 cm³/mol. The molecule has 0 aliphatic carbocycles. The first-order chi connectivity index (χ1) is 11.6. The van der Waals surface area contributed by atoms with E-state index in [-0.39, 0.29) is 0 Å². The van der Waals surface area contributed by atoms with Crippen molar-refractivity contribution in [2.24, 2.45) is 7.05 Å². The lowest BCUT2D eigenvalue weighted by Gasteiger charge is -2.05. The minimum absolute atomic E-state index is 0.531. The minimum atomic E-state index is 0.531. The van der Waals surface area contributed by atoms with Crippen LogP contribution in [0.5, 0.6) is 0 Å². The fourth-order valence-corrected chi connectivity index (χ4v) is 3.91. The third kappa shape index (κ3) is 1.66. The highest BCUT2D eigenvalue weighted by atomic mass is 16.3. The lowest BCUT2D eigenvalue weighted by atomic mass is 10.0. The molecule has 118 valence electrons. The number of hydrogen-bond acceptors (Lipinski definition) is 1. The summed E-state index contributed by atoms with van der Waals surface area (Å²) in [5.41, 5.74) is 5.82. The van der Waals surface area contributed by atoms with Gasteiger partial charge >= 0.3 is 0 Å². The molecule has 2 aromatic heterocycles. The van der Waals surface area contributed by atoms with E-state index in [1.165, 1.54) is 38.1 Å². The molecule has 0 amide bonds. The SMILES string of the molecule is CC(C)c1ccc2c(c1)c1ccc3oc4ccccc4c3c1n2C. The topological polar surface area (TPSA) is 18.1 Å². The molecule has 0 aliphatic rings. The van der Waals surface area contributed by atoms with Crippen LogP contribution in [0.1, 0.15) is 25.3 Å². The van der Waals surface area contributed by atoms with E-state index >= 15 is 0 Å². The first-order valence-electron chi connectivity index (χ1n) is 8.47. The standard InChI is InChI=1S/C22H19NO/c1-13(2)14-8-10-18-17(12-14)15-9-11-20-21(22(15)23(18)3)16-6-4-5-7-19(16)24-20/h4-13H,1-3H3. The maximum Gasteiger partial charge on any atom is 0.137 e. The van der Waals surface area contributed by atoms with Crippen LogP contribution in [0.2, 0.25) is 0 Å². The summed E-state index contributed by atoms with van der Waals surface area (Å²) in [6.45, 7) is 4.49. The molecule has 0 spiro atoms. The van der Waals surface area contributed by atoms with Gasteiger partial charge < -0.3 is 8.98 Å². The Balaban J connectivity index is 2.04. The van der Waals surface area contributed by atoms with Crippen molar-refractivity contribution < 1.29 is 4.42 Å². The van der Waals surface area contributed by atoms with Gasteiger partial charge in [-0.3, -0.25) is 0 Å². The highest BCUT2D eigenvalue weighted by molar-refractivity contribution is 6.23. The molecule has 24 heavy (non-hydrogen) atoms. The average Bonchev–Trinajstić information content (AvgIpc) is 3.10. The molecule has 2 nitrogen and oxygen atoms in total. The molecule has 0 atom stereocenters. The second-order valence-corrected chi connectivity index (χ2v) is 6.92. The molecule has 0 saturated heterocycles. The number of fused-ring (bicyclic) bond motifs is 7. The molecule has 5 rings (SSSR count). The van der Waals surface area contributed by atoms with Crippen LogP contribution in [0, 0.1) is 0 Å². The summed E-state index contributed by atoms with van der Waals surface area (Å²) in [6.07, 6.45) is 0. The van der Waals surface area contributed by atoms with Crippen LogP contribution >= 0.6 is 0 Å². The molecule has 2 heterocycles. The maximum atomic E-state index is 6.06. The van der Waals surface area contributed by atoms with Crippen LogP contribution in [0.15, 0.2) is 59.0 Å². The quantitative estimate of drug-likeness (QED) is 0.352. The van der Waals surface area contributed by atoms with Crippen molar-refractivity contribution in [3.05, 3.63) is 60.2 Å². The molecule has 2 heteroatoms. The van der Waals surface area contributed by atoms with Crippen molar-refractivity contribution in [2.45, 2.75) is 19.8 Å². The zero-order chi connectivity index (χ0) is 16.4. The van der Waals surface area contributed by atoms with Crippen molar-refractivity contribution in [3.8, 4) is 0 Å². The van der Waals surface area contributed by atoms with Crippen molar-refractivity contribution in [1.82, 2.24) is 4.57 Å². The Labute approximate surface area is 140 Å². The second-order valence-electron chi connectivity index (χ2n) is 6.92. The van der Waals surface area contributed by atoms with Gasteiger partial charge in [0.05, 0.1) is 10.9 Å². The predicted octanol–water partition coefficient (Wildman–Crippen LogP) is 6.35. The van der Waals surface area contributed by atoms with Gasteiger partial charge in [-0.2, -0.15) is 0 Å². The molecule has 3 aromatic carbocycles. The van der Waals surface area contributed by atoms with Gasteiger partial charge in [-0.1, -0.05) is 38.1 Å². The lowest BCUT2D eigenvalue weighted by Crippen LogP contribution is -1.89. The fourth-order valence-electron chi connectivity index (χ4n) is 3.91. The van der Waals surface area contributed by atoms with Crippen molar-refractivity contribution in [3.63, 3.8) is 0 Å². The van der Waals surface area contributed by atoms with Crippen LogP contribution in [-0.2, 0) is 7.05 Å². The Morgan fingerprint density at radius 2 is 1.67 bits per heavy atom. The molecule has 0 bridgehead atoms. The Hall–Kier alpha value is -2.74. The number of aryl methyl sites for hydroxylation is 1. The van der Waals surface area contributed by atoms with E-state index in [1.54, 1.807) is 0 Å². The van der Waals surface area contributed by atoms with Gasteiger partial charge in [-0.05, 0) is 41.8 Å². The van der Waals surface area contributed by atoms with Gasteiger partial charge in [0.1, 0.15) is 11.2 Å². The number of furan rings is 1. The molecule has 0 saturated carbocycles. The van der Waals surface area contributed by atoms with Crippen LogP contribution < -0.4 is 0 Å². The molecular formula is C22H19NO. The number of rotatable bonds is 1. The fraction of sp³-hybridized carbons (Fsp3) is 0.182. The Morgan fingerprint density at radius 1 is 0.833 bits per heavy atom. The van der Waals surface area contributed by atoms with Crippen molar-refractivity contribution in [2.75, 3.05) is 0 Å². The Kier molecular flexibility index (Phi) is 2.64. The molecular weight excluding hydrogens is 294 g/mol. The molecule has 0 unspecified atom stereocenters. The number of nitrogens with zero attached hydrogens (tertiary/aromatic N) is 1. The summed E-state index contributed by atoms with van der Waals surface area (Å²) in [4.78, 5) is 0. The van der Waals surface area contributed by atoms with Crippen molar-refractivity contribution in [1.29, 1.82) is 0 Å². The van der Waals surface area contributed by atoms with E-state index in [1.807, 2.05) is 12.1 Å². The van der Waals surface area contributed by atoms with Crippen LogP contribution in [-0.4, -0.2) is 4.57 Å². The number of para-hydroxylation sites is 1. The third-order valence-corrected chi connectivity index (χ3v) is 5.19. The van der Waals surface area contributed by atoms with Gasteiger partial charge in [0, 0.05) is 28.7 Å². The minimum Gasteiger partial charge on any atom is -0.456 e. The molecule has 5 aromatic rings. The molecule has 0 N–H and O–H groups in total. The normalized spacial score (nSPS) is 12.3. The molecule has 0 radical (unpaired) electrons. The van der Waals surface area contributed by atoms with E-state index in [0.717, 1.165) is 11.2 Å². The maximum absolute atomic E-state index is 6.06. The van der Waals surface area contributed by atoms with Gasteiger partial charge in [0.15, 0.2) is 0 Å². The molecule has 0 aliphatic heterocycles.